The number of benzene rings is 1. The van der Waals surface area contributed by atoms with Gasteiger partial charge in [-0.3, -0.25) is 14.5 Å². The van der Waals surface area contributed by atoms with Crippen molar-refractivity contribution in [3.8, 4) is 0 Å². The van der Waals surface area contributed by atoms with Crippen molar-refractivity contribution in [1.29, 1.82) is 0 Å². The number of carbonyl (C=O) groups excluding carboxylic acids is 3. The lowest BCUT2D eigenvalue weighted by Gasteiger charge is -2.33. The van der Waals surface area contributed by atoms with Gasteiger partial charge in [0.2, 0.25) is 5.91 Å². The number of ketones is 1. The zero-order valence-electron chi connectivity index (χ0n) is 16.1. The number of rotatable bonds is 4. The molecule has 0 radical (unpaired) electrons. The van der Waals surface area contributed by atoms with E-state index in [0.717, 1.165) is 38.8 Å². The molecule has 150 valence electrons. The number of nitrogens with one attached hydrogen (secondary N) is 1. The van der Waals surface area contributed by atoms with Gasteiger partial charge in [0.1, 0.15) is 12.1 Å². The van der Waals surface area contributed by atoms with Gasteiger partial charge in [-0.05, 0) is 25.9 Å². The number of piperidine rings is 2. The molecule has 1 unspecified atom stereocenters. The first-order chi connectivity index (χ1) is 13.6. The summed E-state index contributed by atoms with van der Waals surface area (Å²) in [7, 11) is 0. The molecule has 7 heteroatoms. The van der Waals surface area contributed by atoms with E-state index in [1.807, 2.05) is 30.3 Å². The zero-order valence-corrected chi connectivity index (χ0v) is 16.1. The highest BCUT2D eigenvalue weighted by molar-refractivity contribution is 5.98. The Morgan fingerprint density at radius 3 is 2.68 bits per heavy atom. The average molecular weight is 385 g/mol. The SMILES string of the molecule is O=C(c1ccccc1)C1CCCN(C(=O)CN2CC3(CCNCC3)OC2=O)C1. The highest BCUT2D eigenvalue weighted by atomic mass is 16.6. The summed E-state index contributed by atoms with van der Waals surface area (Å²) in [5.41, 5.74) is 0.244. The average Bonchev–Trinajstić information content (AvgIpc) is 3.02. The van der Waals surface area contributed by atoms with E-state index in [2.05, 4.69) is 5.32 Å². The Balaban J connectivity index is 1.36. The van der Waals surface area contributed by atoms with Crippen molar-refractivity contribution in [3.63, 3.8) is 0 Å². The lowest BCUT2D eigenvalue weighted by Crippen LogP contribution is -2.48. The van der Waals surface area contributed by atoms with Gasteiger partial charge in [-0.25, -0.2) is 4.79 Å². The number of hydrogen-bond donors (Lipinski definition) is 1. The van der Waals surface area contributed by atoms with E-state index in [1.54, 1.807) is 4.90 Å². The van der Waals surface area contributed by atoms with Gasteiger partial charge < -0.3 is 15.0 Å². The Bertz CT molecular complexity index is 745. The maximum absolute atomic E-state index is 12.8. The van der Waals surface area contributed by atoms with E-state index in [4.69, 9.17) is 4.74 Å². The van der Waals surface area contributed by atoms with Crippen molar-refractivity contribution in [3.05, 3.63) is 35.9 Å². The monoisotopic (exact) mass is 385 g/mol. The van der Waals surface area contributed by atoms with Crippen LogP contribution in [0.25, 0.3) is 0 Å². The van der Waals surface area contributed by atoms with Crippen LogP contribution in [0.15, 0.2) is 30.3 Å². The molecule has 1 spiro atoms. The third-order valence-corrected chi connectivity index (χ3v) is 6.09. The smallest absolute Gasteiger partial charge is 0.410 e. The molecule has 1 aromatic rings. The van der Waals surface area contributed by atoms with E-state index in [0.29, 0.717) is 25.2 Å². The van der Waals surface area contributed by atoms with Gasteiger partial charge in [0, 0.05) is 37.4 Å². The Morgan fingerprint density at radius 1 is 1.18 bits per heavy atom. The van der Waals surface area contributed by atoms with Crippen molar-refractivity contribution >= 4 is 17.8 Å². The minimum absolute atomic E-state index is 0.0280. The number of carbonyl (C=O) groups is 3. The van der Waals surface area contributed by atoms with Gasteiger partial charge in [-0.15, -0.1) is 0 Å². The fourth-order valence-corrected chi connectivity index (χ4v) is 4.48. The van der Waals surface area contributed by atoms with Crippen LogP contribution in [0.4, 0.5) is 4.79 Å². The molecular formula is C21H27N3O4. The van der Waals surface area contributed by atoms with Crippen molar-refractivity contribution < 1.29 is 19.1 Å². The number of Topliss-reactive ketones (excluding diaryl/α,β-unsaturated/α-hetero) is 1. The number of ether oxygens (including phenoxy) is 1. The van der Waals surface area contributed by atoms with Crippen LogP contribution in [-0.4, -0.2) is 72.5 Å². The molecule has 1 N–H and O–H groups in total. The van der Waals surface area contributed by atoms with Crippen molar-refractivity contribution in [2.75, 3.05) is 39.3 Å². The predicted octanol–water partition coefficient (Wildman–Crippen LogP) is 1.68. The lowest BCUT2D eigenvalue weighted by atomic mass is 9.90. The molecule has 4 rings (SSSR count). The summed E-state index contributed by atoms with van der Waals surface area (Å²) < 4.78 is 5.63. The van der Waals surface area contributed by atoms with E-state index < -0.39 is 11.7 Å². The van der Waals surface area contributed by atoms with Crippen molar-refractivity contribution in [2.45, 2.75) is 31.3 Å². The first-order valence-corrected chi connectivity index (χ1v) is 10.1. The first kappa shape index (κ1) is 18.9. The summed E-state index contributed by atoms with van der Waals surface area (Å²) in [6, 6.07) is 9.24. The Hall–Kier alpha value is -2.41. The van der Waals surface area contributed by atoms with Crippen LogP contribution in [-0.2, 0) is 9.53 Å². The maximum atomic E-state index is 12.8. The first-order valence-electron chi connectivity index (χ1n) is 10.1. The molecule has 3 aliphatic rings. The molecule has 1 atom stereocenters. The van der Waals surface area contributed by atoms with E-state index in [9.17, 15) is 14.4 Å². The van der Waals surface area contributed by atoms with Crippen LogP contribution in [0.5, 0.6) is 0 Å². The van der Waals surface area contributed by atoms with E-state index in [-0.39, 0.29) is 24.2 Å². The van der Waals surface area contributed by atoms with E-state index in [1.165, 1.54) is 4.90 Å². The molecule has 0 saturated carbocycles. The number of nitrogens with zero attached hydrogens (tertiary/aromatic N) is 2. The number of hydrogen-bond acceptors (Lipinski definition) is 5. The molecule has 28 heavy (non-hydrogen) atoms. The fraction of sp³-hybridized carbons (Fsp3) is 0.571. The summed E-state index contributed by atoms with van der Waals surface area (Å²) in [5.74, 6) is -0.192. The van der Waals surface area contributed by atoms with Gasteiger partial charge in [0.05, 0.1) is 6.54 Å². The summed E-state index contributed by atoms with van der Waals surface area (Å²) in [5, 5.41) is 3.27. The quantitative estimate of drug-likeness (QED) is 0.798. The topological polar surface area (TPSA) is 79.0 Å². The number of likely N-dealkylation sites (tertiary alicyclic amines) is 1. The second-order valence-electron chi connectivity index (χ2n) is 8.07. The van der Waals surface area contributed by atoms with Crippen LogP contribution in [0, 0.1) is 5.92 Å². The molecule has 3 saturated heterocycles. The Kier molecular flexibility index (Phi) is 5.35. The summed E-state index contributed by atoms with van der Waals surface area (Å²) >= 11 is 0. The Labute approximate surface area is 165 Å². The molecule has 0 bridgehead atoms. The van der Waals surface area contributed by atoms with Crippen LogP contribution < -0.4 is 5.32 Å². The Morgan fingerprint density at radius 2 is 1.93 bits per heavy atom. The van der Waals surface area contributed by atoms with Gasteiger partial charge in [-0.1, -0.05) is 30.3 Å². The second-order valence-corrected chi connectivity index (χ2v) is 8.07. The van der Waals surface area contributed by atoms with E-state index >= 15 is 0 Å². The van der Waals surface area contributed by atoms with Gasteiger partial charge in [0.25, 0.3) is 0 Å². The highest BCUT2D eigenvalue weighted by Gasteiger charge is 2.46. The molecule has 3 aliphatic heterocycles. The van der Waals surface area contributed by atoms with Gasteiger partial charge >= 0.3 is 6.09 Å². The molecular weight excluding hydrogens is 358 g/mol. The second kappa shape index (κ2) is 7.91. The number of amides is 2. The molecule has 7 nitrogen and oxygen atoms in total. The van der Waals surface area contributed by atoms with Crippen LogP contribution in [0.2, 0.25) is 0 Å². The summed E-state index contributed by atoms with van der Waals surface area (Å²) in [6.45, 7) is 3.20. The standard InChI is InChI=1S/C21H27N3O4/c25-18(14-24-15-21(28-20(24)27)8-10-22-11-9-21)23-12-4-7-17(13-23)19(26)16-5-2-1-3-6-16/h1-3,5-6,17,22H,4,7-15H2. The summed E-state index contributed by atoms with van der Waals surface area (Å²) in [6.07, 6.45) is 2.75. The molecule has 2 amide bonds. The van der Waals surface area contributed by atoms with Gasteiger partial charge in [0.15, 0.2) is 5.78 Å². The molecule has 1 aromatic carbocycles. The molecule has 0 aliphatic carbocycles. The lowest BCUT2D eigenvalue weighted by molar-refractivity contribution is -0.133. The van der Waals surface area contributed by atoms with Crippen LogP contribution >= 0.6 is 0 Å². The maximum Gasteiger partial charge on any atom is 0.410 e. The highest BCUT2D eigenvalue weighted by Crippen LogP contribution is 2.31. The third kappa shape index (κ3) is 3.90. The van der Waals surface area contributed by atoms with Crippen LogP contribution in [0.3, 0.4) is 0 Å². The molecule has 0 aromatic heterocycles. The molecule has 3 fully saturated rings. The minimum atomic E-state index is -0.448. The van der Waals surface area contributed by atoms with Crippen molar-refractivity contribution in [2.24, 2.45) is 5.92 Å². The third-order valence-electron chi connectivity index (χ3n) is 6.09. The largest absolute Gasteiger partial charge is 0.441 e. The fourth-order valence-electron chi connectivity index (χ4n) is 4.48. The van der Waals surface area contributed by atoms with Crippen LogP contribution in [0.1, 0.15) is 36.0 Å². The van der Waals surface area contributed by atoms with Crippen molar-refractivity contribution in [1.82, 2.24) is 15.1 Å². The molecule has 3 heterocycles. The zero-order chi connectivity index (χ0) is 19.6. The normalized spacial score (nSPS) is 24.3. The predicted molar refractivity (Wildman–Crippen MR) is 103 cm³/mol. The summed E-state index contributed by atoms with van der Waals surface area (Å²) in [4.78, 5) is 41.1. The minimum Gasteiger partial charge on any atom is -0.441 e. The van der Waals surface area contributed by atoms with Gasteiger partial charge in [-0.2, -0.15) is 0 Å².